The highest BCUT2D eigenvalue weighted by atomic mass is 16.5. The number of H-pyrrole nitrogens is 1. The van der Waals surface area contributed by atoms with Crippen LogP contribution in [0.15, 0.2) is 0 Å². The first-order valence-electron chi connectivity index (χ1n) is 5.17. The zero-order valence-electron chi connectivity index (χ0n) is 8.36. The van der Waals surface area contributed by atoms with Gasteiger partial charge in [-0.1, -0.05) is 0 Å². The van der Waals surface area contributed by atoms with Gasteiger partial charge in [-0.15, -0.1) is 0 Å². The largest absolute Gasteiger partial charge is 0.461 e. The van der Waals surface area contributed by atoms with Crippen molar-refractivity contribution in [2.75, 3.05) is 6.61 Å². The molecule has 3 atom stereocenters. The molecule has 1 aromatic heterocycles. The molecule has 5 nitrogen and oxygen atoms in total. The highest BCUT2D eigenvalue weighted by molar-refractivity contribution is 5.90. The monoisotopic (exact) mass is 208 g/mol. The number of carbonyl (C=O) groups excluding carboxylic acids is 1. The number of carbonyl (C=O) groups is 1. The molecule has 15 heavy (non-hydrogen) atoms. The topological polar surface area (TPSA) is 75.2 Å². The molecule has 0 aliphatic heterocycles. The number of aromatic amines is 1. The quantitative estimate of drug-likeness (QED) is 0.703. The van der Waals surface area contributed by atoms with Crippen molar-refractivity contribution in [3.8, 4) is 0 Å². The van der Waals surface area contributed by atoms with E-state index >= 15 is 0 Å². The lowest BCUT2D eigenvalue weighted by Crippen LogP contribution is -2.07. The second-order valence-electron chi connectivity index (χ2n) is 4.07. The Balaban J connectivity index is 1.98. The molecule has 1 heterocycles. The molecule has 1 fully saturated rings. The second-order valence-corrected chi connectivity index (χ2v) is 4.07. The summed E-state index contributed by atoms with van der Waals surface area (Å²) in [5, 5.41) is 16.5. The summed E-state index contributed by atoms with van der Waals surface area (Å²) in [4.78, 5) is 11.5. The van der Waals surface area contributed by atoms with E-state index in [1.807, 2.05) is 0 Å². The summed E-state index contributed by atoms with van der Waals surface area (Å²) < 4.78 is 4.91. The van der Waals surface area contributed by atoms with Gasteiger partial charge in [0, 0.05) is 5.56 Å². The molecule has 1 aromatic rings. The molecular formula is C10H12N2O3. The van der Waals surface area contributed by atoms with Gasteiger partial charge >= 0.3 is 5.97 Å². The van der Waals surface area contributed by atoms with Crippen LogP contribution in [0.1, 0.15) is 47.1 Å². The lowest BCUT2D eigenvalue weighted by molar-refractivity contribution is 0.0518. The lowest BCUT2D eigenvalue weighted by atomic mass is 10.1. The Bertz CT molecular complexity index is 426. The molecule has 3 rings (SSSR count). The van der Waals surface area contributed by atoms with Crippen molar-refractivity contribution >= 4 is 5.97 Å². The summed E-state index contributed by atoms with van der Waals surface area (Å²) in [5.74, 6) is 0.213. The van der Waals surface area contributed by atoms with E-state index in [4.69, 9.17) is 4.74 Å². The Morgan fingerprint density at radius 2 is 2.53 bits per heavy atom. The zero-order chi connectivity index (χ0) is 10.6. The fraction of sp³-hybridized carbons (Fsp3) is 0.600. The standard InChI is InChI=1S/C10H12N2O3/c1-2-15-10(14)8-6-4-3-5(4)9(13)7(6)11-12-8/h4-5,9,13H,2-3H2,1H3,(H,11,12)/t4-,5+,9?/m0/s1. The molecular weight excluding hydrogens is 196 g/mol. The van der Waals surface area contributed by atoms with Crippen molar-refractivity contribution < 1.29 is 14.6 Å². The molecule has 80 valence electrons. The van der Waals surface area contributed by atoms with Gasteiger partial charge in [-0.2, -0.15) is 5.10 Å². The van der Waals surface area contributed by atoms with Gasteiger partial charge < -0.3 is 9.84 Å². The van der Waals surface area contributed by atoms with E-state index in [9.17, 15) is 9.90 Å². The summed E-state index contributed by atoms with van der Waals surface area (Å²) in [6.07, 6.45) is 0.487. The van der Waals surface area contributed by atoms with Crippen LogP contribution in [0.25, 0.3) is 0 Å². The van der Waals surface area contributed by atoms with E-state index in [2.05, 4.69) is 10.2 Å². The van der Waals surface area contributed by atoms with Crippen molar-refractivity contribution in [2.45, 2.75) is 25.4 Å². The first-order valence-corrected chi connectivity index (χ1v) is 5.17. The maximum Gasteiger partial charge on any atom is 0.359 e. The van der Waals surface area contributed by atoms with E-state index in [0.717, 1.165) is 12.0 Å². The van der Waals surface area contributed by atoms with Gasteiger partial charge in [0.25, 0.3) is 0 Å². The molecule has 0 aromatic carbocycles. The second kappa shape index (κ2) is 2.82. The van der Waals surface area contributed by atoms with Gasteiger partial charge in [0.2, 0.25) is 0 Å². The maximum atomic E-state index is 11.5. The van der Waals surface area contributed by atoms with Crippen molar-refractivity contribution in [3.05, 3.63) is 17.0 Å². The third kappa shape index (κ3) is 1.07. The highest BCUT2D eigenvalue weighted by Crippen LogP contribution is 2.61. The highest BCUT2D eigenvalue weighted by Gasteiger charge is 2.55. The minimum atomic E-state index is -0.472. The number of nitrogens with zero attached hydrogens (tertiary/aromatic N) is 1. The van der Waals surface area contributed by atoms with Crippen LogP contribution < -0.4 is 0 Å². The fourth-order valence-electron chi connectivity index (χ4n) is 2.43. The molecule has 0 saturated heterocycles. The van der Waals surface area contributed by atoms with Crippen LogP contribution in [0, 0.1) is 5.92 Å². The molecule has 2 aliphatic carbocycles. The molecule has 0 bridgehead atoms. The third-order valence-corrected chi connectivity index (χ3v) is 3.21. The minimum Gasteiger partial charge on any atom is -0.461 e. The maximum absolute atomic E-state index is 11.5. The average Bonchev–Trinajstić information content (AvgIpc) is 2.79. The first kappa shape index (κ1) is 8.91. The van der Waals surface area contributed by atoms with Crippen molar-refractivity contribution in [1.82, 2.24) is 10.2 Å². The average molecular weight is 208 g/mol. The smallest absolute Gasteiger partial charge is 0.359 e. The Labute approximate surface area is 86.4 Å². The molecule has 5 heteroatoms. The van der Waals surface area contributed by atoms with Gasteiger partial charge in [0.15, 0.2) is 5.69 Å². The van der Waals surface area contributed by atoms with Gasteiger partial charge in [0.1, 0.15) is 0 Å². The van der Waals surface area contributed by atoms with Crippen LogP contribution in [0.4, 0.5) is 0 Å². The SMILES string of the molecule is CCOC(=O)c1n[nH]c2c1[C@H]1C[C@H]1C2O. The molecule has 1 unspecified atom stereocenters. The van der Waals surface area contributed by atoms with Crippen molar-refractivity contribution in [1.29, 1.82) is 0 Å². The first-order chi connectivity index (χ1) is 7.24. The number of aliphatic hydroxyl groups excluding tert-OH is 1. The number of nitrogens with one attached hydrogen (secondary N) is 1. The number of ether oxygens (including phenoxy) is 1. The Morgan fingerprint density at radius 1 is 1.73 bits per heavy atom. The zero-order valence-corrected chi connectivity index (χ0v) is 8.36. The summed E-state index contributed by atoms with van der Waals surface area (Å²) >= 11 is 0. The fourth-order valence-corrected chi connectivity index (χ4v) is 2.43. The summed E-state index contributed by atoms with van der Waals surface area (Å²) in [7, 11) is 0. The number of aliphatic hydroxyl groups is 1. The number of fused-ring (bicyclic) bond motifs is 3. The van der Waals surface area contributed by atoms with E-state index in [-0.39, 0.29) is 0 Å². The minimum absolute atomic E-state index is 0.294. The van der Waals surface area contributed by atoms with Crippen LogP contribution in [-0.4, -0.2) is 27.9 Å². The van der Waals surface area contributed by atoms with Gasteiger partial charge in [-0.05, 0) is 25.2 Å². The Kier molecular flexibility index (Phi) is 1.68. The van der Waals surface area contributed by atoms with Crippen molar-refractivity contribution in [3.63, 3.8) is 0 Å². The van der Waals surface area contributed by atoms with Gasteiger partial charge in [0.05, 0.1) is 18.4 Å². The molecule has 0 radical (unpaired) electrons. The molecule has 2 N–H and O–H groups in total. The van der Waals surface area contributed by atoms with Crippen LogP contribution in [0.5, 0.6) is 0 Å². The number of hydrogen-bond acceptors (Lipinski definition) is 4. The summed E-state index contributed by atoms with van der Waals surface area (Å²) in [6, 6.07) is 0. The molecule has 2 aliphatic rings. The number of aromatic nitrogens is 2. The van der Waals surface area contributed by atoms with Crippen LogP contribution in [0.3, 0.4) is 0 Å². The molecule has 0 amide bonds. The lowest BCUT2D eigenvalue weighted by Gasteiger charge is -2.01. The van der Waals surface area contributed by atoms with Crippen LogP contribution in [-0.2, 0) is 4.74 Å². The molecule has 1 saturated carbocycles. The van der Waals surface area contributed by atoms with Crippen molar-refractivity contribution in [2.24, 2.45) is 5.92 Å². The number of hydrogen-bond donors (Lipinski definition) is 2. The van der Waals surface area contributed by atoms with Gasteiger partial charge in [-0.25, -0.2) is 4.79 Å². The number of esters is 1. The third-order valence-electron chi connectivity index (χ3n) is 3.21. The van der Waals surface area contributed by atoms with E-state index < -0.39 is 12.1 Å². The van der Waals surface area contributed by atoms with Crippen LogP contribution in [0.2, 0.25) is 0 Å². The summed E-state index contributed by atoms with van der Waals surface area (Å²) in [6.45, 7) is 2.11. The Hall–Kier alpha value is -1.36. The Morgan fingerprint density at radius 3 is 3.27 bits per heavy atom. The predicted octanol–water partition coefficient (Wildman–Crippen LogP) is 0.737. The van der Waals surface area contributed by atoms with E-state index in [1.54, 1.807) is 6.92 Å². The normalized spacial score (nSPS) is 30.9. The number of rotatable bonds is 2. The van der Waals surface area contributed by atoms with E-state index in [1.165, 1.54) is 0 Å². The van der Waals surface area contributed by atoms with Gasteiger partial charge in [-0.3, -0.25) is 5.10 Å². The van der Waals surface area contributed by atoms with E-state index in [0.29, 0.717) is 29.8 Å². The molecule has 0 spiro atoms. The predicted molar refractivity (Wildman–Crippen MR) is 50.4 cm³/mol. The summed E-state index contributed by atoms with van der Waals surface area (Å²) in [5.41, 5.74) is 1.95. The van der Waals surface area contributed by atoms with Crippen LogP contribution >= 0.6 is 0 Å².